The van der Waals surface area contributed by atoms with Crippen LogP contribution in [0.25, 0.3) is 0 Å². The Hall–Kier alpha value is -0.640. The number of halogens is 2. The molecule has 1 aliphatic heterocycles. The second-order valence-electron chi connectivity index (χ2n) is 5.25. The van der Waals surface area contributed by atoms with Crippen LogP contribution in [-0.4, -0.2) is 38.1 Å². The zero-order valence-corrected chi connectivity index (χ0v) is 12.5. The Labute approximate surface area is 118 Å². The number of anilines is 2. The zero-order chi connectivity index (χ0) is 13.4. The van der Waals surface area contributed by atoms with Crippen molar-refractivity contribution in [2.75, 3.05) is 37.8 Å². The number of likely N-dealkylation sites (N-methyl/N-ethyl adjacent to an activating group) is 1. The number of hydrogen-bond acceptors (Lipinski definition) is 3. The number of nitrogens with two attached hydrogens (primary N) is 1. The van der Waals surface area contributed by atoms with Crippen molar-refractivity contribution in [3.63, 3.8) is 0 Å². The fraction of sp³-hybridized carbons (Fsp3) is 0.538. The van der Waals surface area contributed by atoms with Gasteiger partial charge in [-0.1, -0.05) is 30.1 Å². The first-order valence-electron chi connectivity index (χ1n) is 6.06. The van der Waals surface area contributed by atoms with Crippen LogP contribution >= 0.6 is 23.2 Å². The van der Waals surface area contributed by atoms with Gasteiger partial charge in [0.2, 0.25) is 0 Å². The average Bonchev–Trinajstić information content (AvgIpc) is 2.58. The molecule has 3 nitrogen and oxygen atoms in total. The van der Waals surface area contributed by atoms with Gasteiger partial charge in [0.15, 0.2) is 0 Å². The Bertz CT molecular complexity index is 425. The molecular formula is C13H19Cl2N3. The molecule has 2 atom stereocenters. The monoisotopic (exact) mass is 287 g/mol. The van der Waals surface area contributed by atoms with Crippen LogP contribution in [-0.2, 0) is 0 Å². The van der Waals surface area contributed by atoms with Gasteiger partial charge in [0, 0.05) is 24.8 Å². The third kappa shape index (κ3) is 2.53. The molecule has 1 aromatic rings. The summed E-state index contributed by atoms with van der Waals surface area (Å²) in [4.78, 5) is 4.50. The Balaban J connectivity index is 2.29. The van der Waals surface area contributed by atoms with Gasteiger partial charge in [-0.3, -0.25) is 0 Å². The van der Waals surface area contributed by atoms with Gasteiger partial charge < -0.3 is 15.5 Å². The summed E-state index contributed by atoms with van der Waals surface area (Å²) >= 11 is 12.5. The highest BCUT2D eigenvalue weighted by Gasteiger charge is 2.32. The van der Waals surface area contributed by atoms with Gasteiger partial charge in [0.1, 0.15) is 0 Å². The van der Waals surface area contributed by atoms with Crippen LogP contribution in [0.1, 0.15) is 6.92 Å². The predicted molar refractivity (Wildman–Crippen MR) is 79.7 cm³/mol. The molecule has 0 aromatic heterocycles. The van der Waals surface area contributed by atoms with E-state index in [0.717, 1.165) is 18.8 Å². The van der Waals surface area contributed by atoms with Crippen LogP contribution in [0.5, 0.6) is 0 Å². The third-order valence-electron chi connectivity index (χ3n) is 3.59. The molecule has 0 aliphatic carbocycles. The Morgan fingerprint density at radius 2 is 1.78 bits per heavy atom. The smallest absolute Gasteiger partial charge is 0.0747 e. The molecule has 0 bridgehead atoms. The lowest BCUT2D eigenvalue weighted by Crippen LogP contribution is -2.34. The maximum absolute atomic E-state index is 6.27. The van der Waals surface area contributed by atoms with Gasteiger partial charge >= 0.3 is 0 Å². The molecule has 0 amide bonds. The first-order valence-corrected chi connectivity index (χ1v) is 6.81. The first-order chi connectivity index (χ1) is 8.40. The largest absolute Gasteiger partial charge is 0.399 e. The number of nitrogen functional groups attached to an aromatic ring is 1. The standard InChI is InChI=1S/C13H19Cl2N3/c1-8-6-18(7-12(8)17(2)3)13-10(14)4-9(16)5-11(13)15/h4-5,8,12H,6-7,16H2,1-3H3. The van der Waals surface area contributed by atoms with Crippen LogP contribution in [0.2, 0.25) is 10.0 Å². The molecule has 0 radical (unpaired) electrons. The molecule has 0 spiro atoms. The molecule has 1 aliphatic rings. The summed E-state index contributed by atoms with van der Waals surface area (Å²) < 4.78 is 0. The van der Waals surface area contributed by atoms with E-state index in [4.69, 9.17) is 28.9 Å². The fourth-order valence-corrected chi connectivity index (χ4v) is 3.43. The summed E-state index contributed by atoms with van der Waals surface area (Å²) in [6.07, 6.45) is 0. The summed E-state index contributed by atoms with van der Waals surface area (Å²) in [5, 5.41) is 1.26. The van der Waals surface area contributed by atoms with Gasteiger partial charge in [-0.25, -0.2) is 0 Å². The van der Waals surface area contributed by atoms with Crippen molar-refractivity contribution in [3.05, 3.63) is 22.2 Å². The van der Waals surface area contributed by atoms with Crippen LogP contribution in [0, 0.1) is 5.92 Å². The summed E-state index contributed by atoms with van der Waals surface area (Å²) in [5.74, 6) is 0.588. The summed E-state index contributed by atoms with van der Waals surface area (Å²) in [6.45, 7) is 4.16. The second kappa shape index (κ2) is 5.16. The topological polar surface area (TPSA) is 32.5 Å². The fourth-order valence-electron chi connectivity index (χ4n) is 2.69. The van der Waals surface area contributed by atoms with Crippen molar-refractivity contribution in [2.24, 2.45) is 5.92 Å². The van der Waals surface area contributed by atoms with Crippen molar-refractivity contribution < 1.29 is 0 Å². The summed E-state index contributed by atoms with van der Waals surface area (Å²) in [6, 6.07) is 4.04. The lowest BCUT2D eigenvalue weighted by atomic mass is 10.1. The molecule has 1 heterocycles. The molecule has 5 heteroatoms. The molecular weight excluding hydrogens is 269 g/mol. The third-order valence-corrected chi connectivity index (χ3v) is 4.17. The molecule has 1 saturated heterocycles. The second-order valence-corrected chi connectivity index (χ2v) is 6.06. The summed E-state index contributed by atoms with van der Waals surface area (Å²) in [7, 11) is 4.22. The van der Waals surface area contributed by atoms with Gasteiger partial charge in [-0.05, 0) is 32.1 Å². The maximum Gasteiger partial charge on any atom is 0.0747 e. The van der Waals surface area contributed by atoms with Crippen molar-refractivity contribution in [1.82, 2.24) is 4.90 Å². The molecule has 2 N–H and O–H groups in total. The van der Waals surface area contributed by atoms with Crippen molar-refractivity contribution in [1.29, 1.82) is 0 Å². The Morgan fingerprint density at radius 1 is 1.22 bits per heavy atom. The van der Waals surface area contributed by atoms with E-state index in [2.05, 4.69) is 30.8 Å². The van der Waals surface area contributed by atoms with E-state index in [-0.39, 0.29) is 0 Å². The number of nitrogens with zero attached hydrogens (tertiary/aromatic N) is 2. The van der Waals surface area contributed by atoms with E-state index in [1.54, 1.807) is 12.1 Å². The lowest BCUT2D eigenvalue weighted by molar-refractivity contribution is 0.266. The molecule has 0 saturated carbocycles. The van der Waals surface area contributed by atoms with E-state index in [1.807, 2.05) is 0 Å². The van der Waals surface area contributed by atoms with E-state index in [0.29, 0.717) is 27.7 Å². The van der Waals surface area contributed by atoms with Gasteiger partial charge in [-0.2, -0.15) is 0 Å². The van der Waals surface area contributed by atoms with Crippen LogP contribution in [0.3, 0.4) is 0 Å². The highest BCUT2D eigenvalue weighted by Crippen LogP contribution is 2.38. The van der Waals surface area contributed by atoms with E-state index < -0.39 is 0 Å². The van der Waals surface area contributed by atoms with Crippen LogP contribution < -0.4 is 10.6 Å². The minimum atomic E-state index is 0.523. The lowest BCUT2D eigenvalue weighted by Gasteiger charge is -2.24. The van der Waals surface area contributed by atoms with Gasteiger partial charge in [0.05, 0.1) is 15.7 Å². The number of rotatable bonds is 2. The Kier molecular flexibility index (Phi) is 3.95. The highest BCUT2D eigenvalue weighted by atomic mass is 35.5. The average molecular weight is 288 g/mol. The van der Waals surface area contributed by atoms with Crippen molar-refractivity contribution in [3.8, 4) is 0 Å². The Morgan fingerprint density at radius 3 is 2.22 bits per heavy atom. The molecule has 100 valence electrons. The SMILES string of the molecule is CC1CN(c2c(Cl)cc(N)cc2Cl)CC1N(C)C. The van der Waals surface area contributed by atoms with Gasteiger partial charge in [0.25, 0.3) is 0 Å². The summed E-state index contributed by atoms with van der Waals surface area (Å²) in [5.41, 5.74) is 7.24. The van der Waals surface area contributed by atoms with E-state index >= 15 is 0 Å². The molecule has 1 aromatic carbocycles. The first kappa shape index (κ1) is 13.8. The van der Waals surface area contributed by atoms with Crippen LogP contribution in [0.4, 0.5) is 11.4 Å². The maximum atomic E-state index is 6.27. The van der Waals surface area contributed by atoms with Crippen molar-refractivity contribution in [2.45, 2.75) is 13.0 Å². The zero-order valence-electron chi connectivity index (χ0n) is 11.0. The number of hydrogen-bond donors (Lipinski definition) is 1. The van der Waals surface area contributed by atoms with Gasteiger partial charge in [-0.15, -0.1) is 0 Å². The quantitative estimate of drug-likeness (QED) is 0.849. The molecule has 2 unspecified atom stereocenters. The molecule has 18 heavy (non-hydrogen) atoms. The minimum Gasteiger partial charge on any atom is -0.399 e. The molecule has 1 fully saturated rings. The van der Waals surface area contributed by atoms with E-state index in [9.17, 15) is 0 Å². The molecule has 2 rings (SSSR count). The van der Waals surface area contributed by atoms with Crippen LogP contribution in [0.15, 0.2) is 12.1 Å². The highest BCUT2D eigenvalue weighted by molar-refractivity contribution is 6.39. The van der Waals surface area contributed by atoms with E-state index in [1.165, 1.54) is 0 Å². The number of benzene rings is 1. The van der Waals surface area contributed by atoms with Crippen molar-refractivity contribution >= 4 is 34.6 Å². The normalized spacial score (nSPS) is 24.0. The predicted octanol–water partition coefficient (Wildman–Crippen LogP) is 2.96. The minimum absolute atomic E-state index is 0.523.